The van der Waals surface area contributed by atoms with Crippen molar-refractivity contribution in [1.82, 2.24) is 20.1 Å². The van der Waals surface area contributed by atoms with Gasteiger partial charge in [0.2, 0.25) is 0 Å². The van der Waals surface area contributed by atoms with E-state index in [1.165, 1.54) is 0 Å². The minimum atomic E-state index is -0.138. The van der Waals surface area contributed by atoms with Crippen LogP contribution in [0, 0.1) is 6.92 Å². The van der Waals surface area contributed by atoms with E-state index in [0.29, 0.717) is 12.3 Å². The molecule has 0 radical (unpaired) electrons. The van der Waals surface area contributed by atoms with Gasteiger partial charge < -0.3 is 14.8 Å². The van der Waals surface area contributed by atoms with E-state index < -0.39 is 0 Å². The number of rotatable bonds is 8. The predicted molar refractivity (Wildman–Crippen MR) is 115 cm³/mol. The van der Waals surface area contributed by atoms with Gasteiger partial charge in [0.25, 0.3) is 5.91 Å². The van der Waals surface area contributed by atoms with Crippen molar-refractivity contribution in [2.75, 3.05) is 19.8 Å². The first-order valence-electron chi connectivity index (χ1n) is 10.6. The van der Waals surface area contributed by atoms with Gasteiger partial charge in [-0.05, 0) is 62.1 Å². The van der Waals surface area contributed by atoms with Crippen LogP contribution in [0.2, 0.25) is 0 Å². The molecule has 1 fully saturated rings. The average molecular weight is 409 g/mol. The summed E-state index contributed by atoms with van der Waals surface area (Å²) in [6, 6.07) is 9.74. The molecule has 1 saturated heterocycles. The smallest absolute Gasteiger partial charge is 0.258 e. The molecule has 0 spiro atoms. The Morgan fingerprint density at radius 2 is 2.17 bits per heavy atom. The Bertz CT molecular complexity index is 1010. The fraction of sp³-hybridized carbons (Fsp3) is 0.435. The van der Waals surface area contributed by atoms with Crippen LogP contribution in [-0.4, -0.2) is 46.5 Å². The Morgan fingerprint density at radius 3 is 2.90 bits per heavy atom. The molecular weight excluding hydrogens is 380 g/mol. The number of benzene rings is 1. The predicted octanol–water partition coefficient (Wildman–Crippen LogP) is 3.49. The molecule has 1 atom stereocenters. The number of pyridine rings is 1. The van der Waals surface area contributed by atoms with Crippen molar-refractivity contribution in [3.63, 3.8) is 0 Å². The van der Waals surface area contributed by atoms with Crippen LogP contribution >= 0.6 is 0 Å². The highest BCUT2D eigenvalue weighted by molar-refractivity contribution is 5.81. The molecule has 1 unspecified atom stereocenters. The monoisotopic (exact) mass is 408 g/mol. The van der Waals surface area contributed by atoms with Gasteiger partial charge in [-0.2, -0.15) is 5.10 Å². The summed E-state index contributed by atoms with van der Waals surface area (Å²) in [5.74, 6) is 0.515. The lowest BCUT2D eigenvalue weighted by Crippen LogP contribution is -2.35. The molecule has 0 aliphatic carbocycles. The lowest BCUT2D eigenvalue weighted by atomic mass is 10.1. The minimum absolute atomic E-state index is 0.00794. The number of aromatic nitrogens is 3. The number of aryl methyl sites for hydroxylation is 2. The van der Waals surface area contributed by atoms with Crippen molar-refractivity contribution < 1.29 is 14.3 Å². The molecule has 30 heavy (non-hydrogen) atoms. The summed E-state index contributed by atoms with van der Waals surface area (Å²) in [5.41, 5.74) is 5.05. The van der Waals surface area contributed by atoms with E-state index >= 15 is 0 Å². The van der Waals surface area contributed by atoms with Crippen LogP contribution in [0.3, 0.4) is 0 Å². The Labute approximate surface area is 176 Å². The highest BCUT2D eigenvalue weighted by Gasteiger charge is 2.16. The van der Waals surface area contributed by atoms with Gasteiger partial charge in [-0.3, -0.25) is 9.48 Å². The quantitative estimate of drug-likeness (QED) is 0.617. The average Bonchev–Trinajstić information content (AvgIpc) is 3.42. The van der Waals surface area contributed by atoms with Crippen LogP contribution in [0.4, 0.5) is 0 Å². The number of nitrogens with zero attached hydrogens (tertiary/aromatic N) is 3. The number of hydrogen-bond donors (Lipinski definition) is 1. The zero-order valence-corrected chi connectivity index (χ0v) is 17.6. The second kappa shape index (κ2) is 9.26. The SMILES string of the molecule is CCCn1ncc2nc(-c3ccc(OCC(=O)NCC4CCCO4)cc3)cc(C)c21. The highest BCUT2D eigenvalue weighted by atomic mass is 16.5. The molecule has 0 saturated carbocycles. The van der Waals surface area contributed by atoms with Crippen molar-refractivity contribution in [3.05, 3.63) is 42.1 Å². The summed E-state index contributed by atoms with van der Waals surface area (Å²) < 4.78 is 13.1. The number of fused-ring (bicyclic) bond motifs is 1. The first-order valence-corrected chi connectivity index (χ1v) is 10.6. The maximum absolute atomic E-state index is 12.0. The standard InChI is InChI=1S/C23H28N4O3/c1-3-10-27-23-16(2)12-20(26-21(23)14-25-27)17-6-8-18(9-7-17)30-15-22(28)24-13-19-5-4-11-29-19/h6-9,12,14,19H,3-5,10-11,13,15H2,1-2H3,(H,24,28). The van der Waals surface area contributed by atoms with E-state index in [1.807, 2.05) is 35.1 Å². The van der Waals surface area contributed by atoms with Gasteiger partial charge in [-0.25, -0.2) is 4.98 Å². The van der Waals surface area contributed by atoms with Crippen molar-refractivity contribution in [3.8, 4) is 17.0 Å². The molecule has 4 rings (SSSR count). The van der Waals surface area contributed by atoms with Crippen LogP contribution in [0.5, 0.6) is 5.75 Å². The van der Waals surface area contributed by atoms with E-state index in [4.69, 9.17) is 14.5 Å². The molecule has 1 N–H and O–H groups in total. The molecule has 2 aromatic heterocycles. The molecule has 1 aliphatic heterocycles. The molecule has 7 nitrogen and oxygen atoms in total. The molecule has 7 heteroatoms. The molecule has 1 amide bonds. The van der Waals surface area contributed by atoms with Crippen molar-refractivity contribution in [2.45, 2.75) is 45.8 Å². The van der Waals surface area contributed by atoms with E-state index in [2.05, 4.69) is 30.3 Å². The van der Waals surface area contributed by atoms with Crippen molar-refractivity contribution >= 4 is 16.9 Å². The molecule has 158 valence electrons. The summed E-state index contributed by atoms with van der Waals surface area (Å²) >= 11 is 0. The summed E-state index contributed by atoms with van der Waals surface area (Å²) in [4.78, 5) is 16.7. The first-order chi connectivity index (χ1) is 14.6. The van der Waals surface area contributed by atoms with Gasteiger partial charge in [0.05, 0.1) is 23.5 Å². The third-order valence-corrected chi connectivity index (χ3v) is 5.29. The third-order valence-electron chi connectivity index (χ3n) is 5.29. The van der Waals surface area contributed by atoms with Crippen molar-refractivity contribution in [1.29, 1.82) is 0 Å². The van der Waals surface area contributed by atoms with Gasteiger partial charge >= 0.3 is 0 Å². The number of nitrogens with one attached hydrogen (secondary N) is 1. The molecule has 0 bridgehead atoms. The summed E-state index contributed by atoms with van der Waals surface area (Å²) in [5, 5.41) is 7.32. The maximum atomic E-state index is 12.0. The van der Waals surface area contributed by atoms with Gasteiger partial charge in [0, 0.05) is 25.3 Å². The zero-order chi connectivity index (χ0) is 20.9. The number of ether oxygens (including phenoxy) is 2. The minimum Gasteiger partial charge on any atom is -0.484 e. The molecule has 1 aliphatic rings. The topological polar surface area (TPSA) is 78.3 Å². The molecule has 3 heterocycles. The number of carbonyl (C=O) groups excluding carboxylic acids is 1. The first kappa shape index (κ1) is 20.3. The molecule has 3 aromatic rings. The summed E-state index contributed by atoms with van der Waals surface area (Å²) in [7, 11) is 0. The fourth-order valence-corrected chi connectivity index (χ4v) is 3.78. The largest absolute Gasteiger partial charge is 0.484 e. The molecule has 1 aromatic carbocycles. The fourth-order valence-electron chi connectivity index (χ4n) is 3.78. The number of carbonyl (C=O) groups is 1. The summed E-state index contributed by atoms with van der Waals surface area (Å²) in [6.45, 7) is 6.44. The van der Waals surface area contributed by atoms with Gasteiger partial charge in [-0.1, -0.05) is 6.92 Å². The van der Waals surface area contributed by atoms with Crippen molar-refractivity contribution in [2.24, 2.45) is 0 Å². The van der Waals surface area contributed by atoms with E-state index in [-0.39, 0.29) is 18.6 Å². The van der Waals surface area contributed by atoms with Gasteiger partial charge in [-0.15, -0.1) is 0 Å². The molecular formula is C23H28N4O3. The Kier molecular flexibility index (Phi) is 6.28. The second-order valence-corrected chi connectivity index (χ2v) is 7.68. The van der Waals surface area contributed by atoms with Gasteiger partial charge in [0.15, 0.2) is 6.61 Å². The van der Waals surface area contributed by atoms with Gasteiger partial charge in [0.1, 0.15) is 11.3 Å². The van der Waals surface area contributed by atoms with E-state index in [1.54, 1.807) is 0 Å². The Morgan fingerprint density at radius 1 is 1.33 bits per heavy atom. The summed E-state index contributed by atoms with van der Waals surface area (Å²) in [6.07, 6.45) is 5.06. The third kappa shape index (κ3) is 4.62. The van der Waals surface area contributed by atoms with E-state index in [0.717, 1.165) is 60.3 Å². The van der Waals surface area contributed by atoms with Crippen LogP contribution in [0.25, 0.3) is 22.3 Å². The lowest BCUT2D eigenvalue weighted by Gasteiger charge is -2.11. The zero-order valence-electron chi connectivity index (χ0n) is 17.6. The number of amides is 1. The Balaban J connectivity index is 1.37. The Hall–Kier alpha value is -2.93. The normalized spacial score (nSPS) is 16.1. The van der Waals surface area contributed by atoms with Crippen LogP contribution in [-0.2, 0) is 16.1 Å². The second-order valence-electron chi connectivity index (χ2n) is 7.68. The maximum Gasteiger partial charge on any atom is 0.258 e. The van der Waals surface area contributed by atoms with Crippen LogP contribution in [0.15, 0.2) is 36.5 Å². The number of hydrogen-bond acceptors (Lipinski definition) is 5. The van der Waals surface area contributed by atoms with E-state index in [9.17, 15) is 4.79 Å². The highest BCUT2D eigenvalue weighted by Crippen LogP contribution is 2.26. The van der Waals surface area contributed by atoms with Crippen LogP contribution < -0.4 is 10.1 Å². The lowest BCUT2D eigenvalue weighted by molar-refractivity contribution is -0.123. The van der Waals surface area contributed by atoms with Crippen LogP contribution in [0.1, 0.15) is 31.7 Å².